The van der Waals surface area contributed by atoms with Crippen LogP contribution in [0.2, 0.25) is 0 Å². The number of benzene rings is 1. The molecule has 0 radical (unpaired) electrons. The first kappa shape index (κ1) is 10.4. The molecule has 1 aromatic rings. The summed E-state index contributed by atoms with van der Waals surface area (Å²) < 4.78 is 13.7. The van der Waals surface area contributed by atoms with E-state index >= 15 is 0 Å². The molecule has 3 N–H and O–H groups in total. The fourth-order valence-electron chi connectivity index (χ4n) is 2.32. The largest absolute Gasteiger partial charge is 0.505 e. The smallest absolute Gasteiger partial charge is 0.168 e. The lowest BCUT2D eigenvalue weighted by Crippen LogP contribution is -2.33. The highest BCUT2D eigenvalue weighted by atomic mass is 19.1. The number of hydrogen-bond donors (Lipinski definition) is 2. The summed E-state index contributed by atoms with van der Waals surface area (Å²) >= 11 is 0. The van der Waals surface area contributed by atoms with Gasteiger partial charge in [-0.05, 0) is 43.4 Å². The summed E-state index contributed by atoms with van der Waals surface area (Å²) in [6.07, 6.45) is 3.47. The van der Waals surface area contributed by atoms with Crippen molar-refractivity contribution in [2.45, 2.75) is 38.1 Å². The van der Waals surface area contributed by atoms with Crippen LogP contribution >= 0.6 is 0 Å². The van der Waals surface area contributed by atoms with Crippen LogP contribution < -0.4 is 5.73 Å². The third-order valence-corrected chi connectivity index (χ3v) is 3.21. The molecule has 0 fully saturated rings. The summed E-state index contributed by atoms with van der Waals surface area (Å²) in [6.45, 7) is 1.92. The van der Waals surface area contributed by atoms with Crippen molar-refractivity contribution >= 4 is 0 Å². The van der Waals surface area contributed by atoms with Crippen LogP contribution in [-0.4, -0.2) is 5.11 Å². The summed E-state index contributed by atoms with van der Waals surface area (Å²) in [6, 6.07) is 3.14. The standard InChI is InChI=1S/C12H16FNO/c1-12(14)7-3-2-4-8-9(12)5-6-10(15)11(8)13/h5-6,15H,2-4,7,14H2,1H3/t12-/m0/s1. The molecule has 0 aromatic heterocycles. The Labute approximate surface area is 88.9 Å². The normalized spacial score (nSPS) is 25.8. The van der Waals surface area contributed by atoms with Gasteiger partial charge in [0.1, 0.15) is 0 Å². The van der Waals surface area contributed by atoms with E-state index in [1.165, 1.54) is 6.07 Å². The lowest BCUT2D eigenvalue weighted by Gasteiger charge is -2.25. The number of nitrogens with two attached hydrogens (primary N) is 1. The molecular weight excluding hydrogens is 193 g/mol. The van der Waals surface area contributed by atoms with Gasteiger partial charge in [-0.3, -0.25) is 0 Å². The average Bonchev–Trinajstić information content (AvgIpc) is 2.32. The lowest BCUT2D eigenvalue weighted by atomic mass is 9.87. The Kier molecular flexibility index (Phi) is 2.43. The van der Waals surface area contributed by atoms with E-state index in [9.17, 15) is 9.50 Å². The summed E-state index contributed by atoms with van der Waals surface area (Å²) in [7, 11) is 0. The molecule has 1 atom stereocenters. The van der Waals surface area contributed by atoms with Crippen LogP contribution in [0, 0.1) is 5.82 Å². The zero-order valence-corrected chi connectivity index (χ0v) is 8.89. The van der Waals surface area contributed by atoms with Crippen molar-refractivity contribution in [2.75, 3.05) is 0 Å². The minimum absolute atomic E-state index is 0.272. The lowest BCUT2D eigenvalue weighted by molar-refractivity contribution is 0.420. The molecule has 2 rings (SSSR count). The van der Waals surface area contributed by atoms with E-state index in [0.29, 0.717) is 12.0 Å². The van der Waals surface area contributed by atoms with Gasteiger partial charge in [0.15, 0.2) is 11.6 Å². The highest BCUT2D eigenvalue weighted by molar-refractivity contribution is 5.41. The number of phenolic OH excluding ortho intramolecular Hbond substituents is 1. The van der Waals surface area contributed by atoms with E-state index in [1.807, 2.05) is 6.92 Å². The Bertz CT molecular complexity index is 387. The van der Waals surface area contributed by atoms with Gasteiger partial charge in [-0.15, -0.1) is 0 Å². The second-order valence-electron chi connectivity index (χ2n) is 4.55. The van der Waals surface area contributed by atoms with Crippen LogP contribution in [0.15, 0.2) is 12.1 Å². The van der Waals surface area contributed by atoms with Crippen molar-refractivity contribution in [3.63, 3.8) is 0 Å². The van der Waals surface area contributed by atoms with Crippen LogP contribution in [0.25, 0.3) is 0 Å². The number of aromatic hydroxyl groups is 1. The first-order valence-corrected chi connectivity index (χ1v) is 5.32. The third-order valence-electron chi connectivity index (χ3n) is 3.21. The fraction of sp³-hybridized carbons (Fsp3) is 0.500. The van der Waals surface area contributed by atoms with Gasteiger partial charge in [0, 0.05) is 5.54 Å². The highest BCUT2D eigenvalue weighted by Gasteiger charge is 2.28. The number of hydrogen-bond acceptors (Lipinski definition) is 2. The van der Waals surface area contributed by atoms with E-state index in [4.69, 9.17) is 5.73 Å². The first-order valence-electron chi connectivity index (χ1n) is 5.32. The number of halogens is 1. The second kappa shape index (κ2) is 3.49. The second-order valence-corrected chi connectivity index (χ2v) is 4.55. The number of rotatable bonds is 0. The molecule has 1 aliphatic carbocycles. The van der Waals surface area contributed by atoms with Gasteiger partial charge in [-0.25, -0.2) is 4.39 Å². The first-order chi connectivity index (χ1) is 7.02. The molecule has 0 unspecified atom stereocenters. The van der Waals surface area contributed by atoms with Crippen molar-refractivity contribution in [3.8, 4) is 5.75 Å². The maximum Gasteiger partial charge on any atom is 0.168 e. The average molecular weight is 209 g/mol. The molecule has 15 heavy (non-hydrogen) atoms. The van der Waals surface area contributed by atoms with Gasteiger partial charge in [-0.2, -0.15) is 0 Å². The van der Waals surface area contributed by atoms with Crippen molar-refractivity contribution in [2.24, 2.45) is 5.73 Å². The fourth-order valence-corrected chi connectivity index (χ4v) is 2.32. The SMILES string of the molecule is C[C@]1(N)CCCCc2c1ccc(O)c2F. The minimum Gasteiger partial charge on any atom is -0.505 e. The van der Waals surface area contributed by atoms with Crippen molar-refractivity contribution in [1.29, 1.82) is 0 Å². The molecule has 0 spiro atoms. The van der Waals surface area contributed by atoms with Crippen LogP contribution in [0.1, 0.15) is 37.3 Å². The quantitative estimate of drug-likeness (QED) is 0.645. The monoisotopic (exact) mass is 209 g/mol. The van der Waals surface area contributed by atoms with E-state index < -0.39 is 11.4 Å². The summed E-state index contributed by atoms with van der Waals surface area (Å²) in [5.41, 5.74) is 7.13. The molecule has 0 heterocycles. The Morgan fingerprint density at radius 2 is 2.13 bits per heavy atom. The summed E-state index contributed by atoms with van der Waals surface area (Å²) in [5.74, 6) is -0.766. The Hall–Kier alpha value is -1.09. The minimum atomic E-state index is -0.494. The molecular formula is C12H16FNO. The van der Waals surface area contributed by atoms with Crippen molar-refractivity contribution in [1.82, 2.24) is 0 Å². The molecule has 1 aliphatic rings. The summed E-state index contributed by atoms with van der Waals surface area (Å²) in [5, 5.41) is 9.32. The van der Waals surface area contributed by atoms with E-state index in [1.54, 1.807) is 6.07 Å². The molecule has 0 saturated carbocycles. The van der Waals surface area contributed by atoms with Gasteiger partial charge in [-0.1, -0.05) is 12.5 Å². The molecule has 3 heteroatoms. The third kappa shape index (κ3) is 1.72. The van der Waals surface area contributed by atoms with Crippen LogP contribution in [-0.2, 0) is 12.0 Å². The van der Waals surface area contributed by atoms with Gasteiger partial charge >= 0.3 is 0 Å². The molecule has 0 bridgehead atoms. The zero-order chi connectivity index (χ0) is 11.1. The molecule has 0 aliphatic heterocycles. The number of fused-ring (bicyclic) bond motifs is 1. The van der Waals surface area contributed by atoms with Crippen LogP contribution in [0.4, 0.5) is 4.39 Å². The zero-order valence-electron chi connectivity index (χ0n) is 8.89. The van der Waals surface area contributed by atoms with Crippen molar-refractivity contribution in [3.05, 3.63) is 29.1 Å². The maximum absolute atomic E-state index is 13.7. The maximum atomic E-state index is 13.7. The molecule has 2 nitrogen and oxygen atoms in total. The predicted octanol–water partition coefficient (Wildman–Crippen LogP) is 2.43. The molecule has 0 saturated heterocycles. The Balaban J connectivity index is 2.60. The van der Waals surface area contributed by atoms with E-state index in [0.717, 1.165) is 24.8 Å². The van der Waals surface area contributed by atoms with Gasteiger partial charge in [0.25, 0.3) is 0 Å². The topological polar surface area (TPSA) is 46.2 Å². The predicted molar refractivity (Wildman–Crippen MR) is 57.2 cm³/mol. The van der Waals surface area contributed by atoms with Gasteiger partial charge < -0.3 is 10.8 Å². The van der Waals surface area contributed by atoms with Crippen LogP contribution in [0.3, 0.4) is 0 Å². The van der Waals surface area contributed by atoms with E-state index in [2.05, 4.69) is 0 Å². The highest BCUT2D eigenvalue weighted by Crippen LogP contribution is 2.35. The van der Waals surface area contributed by atoms with Crippen LogP contribution in [0.5, 0.6) is 5.75 Å². The van der Waals surface area contributed by atoms with Gasteiger partial charge in [0.05, 0.1) is 0 Å². The molecule has 0 amide bonds. The Morgan fingerprint density at radius 3 is 2.87 bits per heavy atom. The van der Waals surface area contributed by atoms with Gasteiger partial charge in [0.2, 0.25) is 0 Å². The van der Waals surface area contributed by atoms with E-state index in [-0.39, 0.29) is 5.75 Å². The Morgan fingerprint density at radius 1 is 1.40 bits per heavy atom. The van der Waals surface area contributed by atoms with Crippen molar-refractivity contribution < 1.29 is 9.50 Å². The molecule has 1 aromatic carbocycles. The molecule has 82 valence electrons. The number of phenols is 1. The summed E-state index contributed by atoms with van der Waals surface area (Å²) in [4.78, 5) is 0.